The molecule has 0 amide bonds. The summed E-state index contributed by atoms with van der Waals surface area (Å²) in [5.41, 5.74) is 1.51. The molecule has 2 unspecified atom stereocenters. The van der Waals surface area contributed by atoms with E-state index in [4.69, 9.17) is 0 Å². The van der Waals surface area contributed by atoms with Crippen LogP contribution in [0.1, 0.15) is 5.56 Å². The Morgan fingerprint density at radius 3 is 2.26 bits per heavy atom. The highest BCUT2D eigenvalue weighted by molar-refractivity contribution is 6.28. The Morgan fingerprint density at radius 1 is 1.11 bits per heavy atom. The molecule has 2 aromatic carbocycles. The van der Waals surface area contributed by atoms with Crippen LogP contribution < -0.4 is 15.2 Å². The zero-order chi connectivity index (χ0) is 19.6. The van der Waals surface area contributed by atoms with Gasteiger partial charge in [-0.3, -0.25) is 0 Å². The van der Waals surface area contributed by atoms with Crippen molar-refractivity contribution in [2.75, 3.05) is 7.05 Å². The fourth-order valence-electron chi connectivity index (χ4n) is 3.07. The summed E-state index contributed by atoms with van der Waals surface area (Å²) in [6, 6.07) is 14.1. The van der Waals surface area contributed by atoms with E-state index in [2.05, 4.69) is 4.99 Å². The highest BCUT2D eigenvalue weighted by Crippen LogP contribution is 2.15. The Morgan fingerprint density at radius 2 is 1.70 bits per heavy atom. The van der Waals surface area contributed by atoms with E-state index < -0.39 is 24.2 Å². The molecule has 3 rings (SSSR count). The molecular formula is C20H20N2O5. The van der Waals surface area contributed by atoms with Crippen molar-refractivity contribution in [1.82, 2.24) is 0 Å². The Labute approximate surface area is 156 Å². The van der Waals surface area contributed by atoms with E-state index in [9.17, 15) is 25.2 Å². The van der Waals surface area contributed by atoms with Crippen LogP contribution in [0.2, 0.25) is 0 Å². The molecule has 1 aliphatic rings. The summed E-state index contributed by atoms with van der Waals surface area (Å²) in [5.74, 6) is -1.07. The van der Waals surface area contributed by atoms with E-state index in [1.165, 1.54) is 12.1 Å². The molecule has 0 spiro atoms. The van der Waals surface area contributed by atoms with Gasteiger partial charge in [-0.05, 0) is 17.7 Å². The monoisotopic (exact) mass is 368 g/mol. The first kappa shape index (κ1) is 18.8. The van der Waals surface area contributed by atoms with Crippen molar-refractivity contribution in [2.24, 2.45) is 0 Å². The maximum absolute atomic E-state index is 12.5. The van der Waals surface area contributed by atoms with Gasteiger partial charge >= 0.3 is 5.97 Å². The molecule has 3 N–H and O–H groups in total. The summed E-state index contributed by atoms with van der Waals surface area (Å²) >= 11 is 0. The number of rotatable bonds is 5. The SMILES string of the molecule is C[N+](=C1C([O-])C(=[NH+][C@@H](Cc2ccc(O)cc2)C(=O)O)C1[O-])c1ccccc1. The molecule has 1 fully saturated rings. The quantitative estimate of drug-likeness (QED) is 0.517. The Bertz CT molecular complexity index is 876. The second-order valence-corrected chi connectivity index (χ2v) is 6.44. The average molecular weight is 368 g/mol. The molecule has 0 radical (unpaired) electrons. The maximum atomic E-state index is 12.5. The number of aromatic hydroxyl groups is 1. The number of aliphatic carboxylic acids is 1. The Hall–Kier alpha value is -3.03. The van der Waals surface area contributed by atoms with Crippen LogP contribution in [-0.2, 0) is 11.2 Å². The van der Waals surface area contributed by atoms with E-state index in [-0.39, 0.29) is 23.6 Å². The van der Waals surface area contributed by atoms with Crippen molar-refractivity contribution >= 4 is 23.1 Å². The predicted molar refractivity (Wildman–Crippen MR) is 94.1 cm³/mol. The second-order valence-electron chi connectivity index (χ2n) is 6.44. The lowest BCUT2D eigenvalue weighted by atomic mass is 9.85. The summed E-state index contributed by atoms with van der Waals surface area (Å²) in [6.45, 7) is 0. The van der Waals surface area contributed by atoms with E-state index in [1.807, 2.05) is 18.2 Å². The number of para-hydroxylation sites is 1. The van der Waals surface area contributed by atoms with Gasteiger partial charge in [-0.15, -0.1) is 0 Å². The first-order valence-corrected chi connectivity index (χ1v) is 8.49. The molecule has 7 nitrogen and oxygen atoms in total. The number of hydrogen-bond acceptors (Lipinski definition) is 4. The highest BCUT2D eigenvalue weighted by atomic mass is 16.4. The lowest BCUT2D eigenvalue weighted by Gasteiger charge is -2.41. The molecule has 0 heterocycles. The lowest BCUT2D eigenvalue weighted by molar-refractivity contribution is -0.535. The molecule has 3 atom stereocenters. The number of nitrogens with zero attached hydrogens (tertiary/aromatic N) is 1. The number of hydrogen-bond donors (Lipinski definition) is 3. The van der Waals surface area contributed by atoms with Gasteiger partial charge in [0.1, 0.15) is 18.5 Å². The molecule has 0 aliphatic heterocycles. The van der Waals surface area contributed by atoms with Crippen LogP contribution in [-0.4, -0.2) is 57.5 Å². The molecule has 7 heteroatoms. The summed E-state index contributed by atoms with van der Waals surface area (Å²) in [5, 5.41) is 43.8. The molecule has 1 aliphatic carbocycles. The van der Waals surface area contributed by atoms with E-state index in [1.54, 1.807) is 35.9 Å². The molecule has 0 bridgehead atoms. The van der Waals surface area contributed by atoms with Gasteiger partial charge in [0.25, 0.3) is 6.04 Å². The minimum Gasteiger partial charge on any atom is -0.837 e. The smallest absolute Gasteiger partial charge is 0.373 e. The minimum atomic E-state index is -1.39. The van der Waals surface area contributed by atoms with Crippen LogP contribution in [0.5, 0.6) is 5.75 Å². The van der Waals surface area contributed by atoms with Crippen molar-refractivity contribution < 1.29 is 34.8 Å². The zero-order valence-electron chi connectivity index (χ0n) is 14.7. The third kappa shape index (κ3) is 3.89. The first-order valence-electron chi connectivity index (χ1n) is 8.49. The van der Waals surface area contributed by atoms with Gasteiger partial charge in [-0.1, -0.05) is 30.3 Å². The molecule has 140 valence electrons. The van der Waals surface area contributed by atoms with Crippen LogP contribution in [0, 0.1) is 0 Å². The summed E-state index contributed by atoms with van der Waals surface area (Å²) in [4.78, 5) is 14.2. The molecule has 2 aromatic rings. The van der Waals surface area contributed by atoms with Crippen molar-refractivity contribution in [1.29, 1.82) is 0 Å². The van der Waals surface area contributed by atoms with Gasteiger partial charge in [-0.25, -0.2) is 14.4 Å². The fourth-order valence-corrected chi connectivity index (χ4v) is 3.07. The van der Waals surface area contributed by atoms with Gasteiger partial charge in [0.15, 0.2) is 5.71 Å². The van der Waals surface area contributed by atoms with Crippen LogP contribution in [0.25, 0.3) is 0 Å². The molecule has 1 saturated carbocycles. The number of phenols is 1. The average Bonchev–Trinajstić information content (AvgIpc) is 2.67. The van der Waals surface area contributed by atoms with Crippen LogP contribution in [0.15, 0.2) is 54.6 Å². The third-order valence-electron chi connectivity index (χ3n) is 4.65. The van der Waals surface area contributed by atoms with Gasteiger partial charge in [-0.2, -0.15) is 0 Å². The number of benzene rings is 2. The number of carboxylic acid groups (broad SMARTS) is 1. The molecule has 27 heavy (non-hydrogen) atoms. The lowest BCUT2D eigenvalue weighted by Crippen LogP contribution is -2.93. The Kier molecular flexibility index (Phi) is 5.34. The number of carbonyl (C=O) groups is 1. The van der Waals surface area contributed by atoms with Gasteiger partial charge in [0, 0.05) is 30.8 Å². The van der Waals surface area contributed by atoms with E-state index in [0.717, 1.165) is 5.69 Å². The zero-order valence-corrected chi connectivity index (χ0v) is 14.7. The standard InChI is InChI=1S/C20H19N2O5/c1-22(13-5-3-2-4-6-13)17-18(24)16(19(17)25)21-15(20(26)27)11-12-7-9-14(23)10-8-12/h2-10,15,18-19,23H,11H2,1H3,(H,26,27)/q-1/p+1/t15-,18?,19?/m0/s1. The summed E-state index contributed by atoms with van der Waals surface area (Å²) in [7, 11) is 1.66. The molecule has 0 aromatic heterocycles. The van der Waals surface area contributed by atoms with Crippen molar-refractivity contribution in [3.63, 3.8) is 0 Å². The highest BCUT2D eigenvalue weighted by Gasteiger charge is 2.42. The normalized spacial score (nSPS) is 20.0. The number of nitrogens with one attached hydrogen (secondary N) is 1. The van der Waals surface area contributed by atoms with Crippen LogP contribution in [0.4, 0.5) is 5.69 Å². The van der Waals surface area contributed by atoms with E-state index >= 15 is 0 Å². The first-order chi connectivity index (χ1) is 12.9. The molecular weight excluding hydrogens is 348 g/mol. The summed E-state index contributed by atoms with van der Waals surface area (Å²) in [6.07, 6.45) is -2.69. The predicted octanol–water partition coefficient (Wildman–Crippen LogP) is -2.20. The number of carboxylic acids is 1. The van der Waals surface area contributed by atoms with Crippen LogP contribution in [0.3, 0.4) is 0 Å². The third-order valence-corrected chi connectivity index (χ3v) is 4.65. The van der Waals surface area contributed by atoms with Crippen molar-refractivity contribution in [3.05, 3.63) is 60.2 Å². The van der Waals surface area contributed by atoms with Gasteiger partial charge in [0.05, 0.1) is 0 Å². The topological polar surface area (TPSA) is 121 Å². The summed E-state index contributed by atoms with van der Waals surface area (Å²) < 4.78 is 1.57. The number of phenolic OH excluding ortho intramolecular Hbond substituents is 1. The Balaban J connectivity index is 1.83. The van der Waals surface area contributed by atoms with E-state index in [0.29, 0.717) is 5.56 Å². The molecule has 0 saturated heterocycles. The van der Waals surface area contributed by atoms with Gasteiger partial charge in [0.2, 0.25) is 5.69 Å². The van der Waals surface area contributed by atoms with Crippen molar-refractivity contribution in [3.8, 4) is 5.75 Å². The minimum absolute atomic E-state index is 0.0565. The van der Waals surface area contributed by atoms with Gasteiger partial charge < -0.3 is 20.4 Å². The largest absolute Gasteiger partial charge is 0.837 e. The maximum Gasteiger partial charge on any atom is 0.373 e. The second kappa shape index (κ2) is 7.69. The fraction of sp³-hybridized carbons (Fsp3) is 0.250. The van der Waals surface area contributed by atoms with Crippen LogP contribution >= 0.6 is 0 Å². The van der Waals surface area contributed by atoms with Crippen molar-refractivity contribution in [2.45, 2.75) is 24.7 Å².